The van der Waals surface area contributed by atoms with E-state index < -0.39 is 4.92 Å². The molecule has 0 atom stereocenters. The van der Waals surface area contributed by atoms with Crippen LogP contribution >= 0.6 is 11.3 Å². The third-order valence-corrected chi connectivity index (χ3v) is 4.51. The van der Waals surface area contributed by atoms with Crippen molar-refractivity contribution in [2.24, 2.45) is 0 Å². The summed E-state index contributed by atoms with van der Waals surface area (Å²) in [7, 11) is 0. The third kappa shape index (κ3) is 3.89. The summed E-state index contributed by atoms with van der Waals surface area (Å²) in [6.45, 7) is 1.80. The Morgan fingerprint density at radius 1 is 1.12 bits per heavy atom. The predicted octanol–water partition coefficient (Wildman–Crippen LogP) is 4.73. The lowest BCUT2D eigenvalue weighted by Gasteiger charge is -2.04. The monoisotopic (exact) mass is 353 g/mol. The maximum absolute atomic E-state index is 11.4. The molecule has 0 aliphatic heterocycles. The number of carbonyl (C=O) groups is 1. The van der Waals surface area contributed by atoms with Crippen molar-refractivity contribution in [1.29, 1.82) is 0 Å². The first-order valence-corrected chi connectivity index (χ1v) is 8.55. The smallest absolute Gasteiger partial charge is 0.269 e. The number of thiazole rings is 1. The van der Waals surface area contributed by atoms with E-state index in [0.717, 1.165) is 27.5 Å². The molecule has 0 saturated carbocycles. The van der Waals surface area contributed by atoms with Crippen LogP contribution in [0.2, 0.25) is 0 Å². The second kappa shape index (κ2) is 7.23. The van der Waals surface area contributed by atoms with Crippen LogP contribution in [0.5, 0.6) is 0 Å². The quantitative estimate of drug-likeness (QED) is 0.530. The zero-order valence-corrected chi connectivity index (χ0v) is 14.2. The minimum atomic E-state index is -0.421. The van der Waals surface area contributed by atoms with Crippen LogP contribution in [0.25, 0.3) is 21.8 Å². The SMILES string of the molecule is CCC(=O)Nc1ccc(-c2csc(-c3ccc([N+](=O)[O-])cc3)n2)cc1. The van der Waals surface area contributed by atoms with Gasteiger partial charge < -0.3 is 5.32 Å². The van der Waals surface area contributed by atoms with Gasteiger partial charge in [-0.25, -0.2) is 4.98 Å². The number of nitrogens with zero attached hydrogens (tertiary/aromatic N) is 2. The lowest BCUT2D eigenvalue weighted by atomic mass is 10.1. The van der Waals surface area contributed by atoms with Crippen molar-refractivity contribution in [3.8, 4) is 21.8 Å². The van der Waals surface area contributed by atoms with Crippen molar-refractivity contribution in [3.63, 3.8) is 0 Å². The number of rotatable bonds is 5. The summed E-state index contributed by atoms with van der Waals surface area (Å²) in [6.07, 6.45) is 0.437. The summed E-state index contributed by atoms with van der Waals surface area (Å²) in [5.74, 6) is -0.0261. The van der Waals surface area contributed by atoms with Crippen LogP contribution in [0.1, 0.15) is 13.3 Å². The number of carbonyl (C=O) groups excluding carboxylic acids is 1. The summed E-state index contributed by atoms with van der Waals surface area (Å²) in [6, 6.07) is 13.8. The van der Waals surface area contributed by atoms with Crippen LogP contribution in [0.3, 0.4) is 0 Å². The number of nitrogens with one attached hydrogen (secondary N) is 1. The normalized spacial score (nSPS) is 10.4. The van der Waals surface area contributed by atoms with Gasteiger partial charge in [0.15, 0.2) is 0 Å². The van der Waals surface area contributed by atoms with Gasteiger partial charge in [-0.3, -0.25) is 14.9 Å². The highest BCUT2D eigenvalue weighted by Crippen LogP contribution is 2.30. The van der Waals surface area contributed by atoms with Crippen LogP contribution < -0.4 is 5.32 Å². The van der Waals surface area contributed by atoms with E-state index >= 15 is 0 Å². The molecule has 0 radical (unpaired) electrons. The van der Waals surface area contributed by atoms with Crippen molar-refractivity contribution >= 4 is 28.6 Å². The number of hydrogen-bond acceptors (Lipinski definition) is 5. The molecule has 3 rings (SSSR count). The Balaban J connectivity index is 1.79. The number of amides is 1. The van der Waals surface area contributed by atoms with Crippen LogP contribution in [0.15, 0.2) is 53.9 Å². The van der Waals surface area contributed by atoms with Gasteiger partial charge in [0.25, 0.3) is 5.69 Å². The molecule has 0 aliphatic rings. The number of nitro benzene ring substituents is 1. The summed E-state index contributed by atoms with van der Waals surface area (Å²) in [5, 5.41) is 16.3. The lowest BCUT2D eigenvalue weighted by molar-refractivity contribution is -0.384. The van der Waals surface area contributed by atoms with Gasteiger partial charge in [-0.1, -0.05) is 19.1 Å². The van der Waals surface area contributed by atoms with Gasteiger partial charge >= 0.3 is 0 Å². The van der Waals surface area contributed by atoms with Crippen LogP contribution in [-0.2, 0) is 4.79 Å². The predicted molar refractivity (Wildman–Crippen MR) is 98.6 cm³/mol. The zero-order chi connectivity index (χ0) is 17.8. The summed E-state index contributed by atoms with van der Waals surface area (Å²) >= 11 is 1.48. The largest absolute Gasteiger partial charge is 0.326 e. The van der Waals surface area contributed by atoms with E-state index in [2.05, 4.69) is 10.3 Å². The Morgan fingerprint density at radius 3 is 2.36 bits per heavy atom. The van der Waals surface area contributed by atoms with Gasteiger partial charge in [0.1, 0.15) is 5.01 Å². The molecule has 1 heterocycles. The molecule has 3 aromatic rings. The molecule has 0 unspecified atom stereocenters. The fourth-order valence-electron chi connectivity index (χ4n) is 2.24. The van der Waals surface area contributed by atoms with Crippen molar-refractivity contribution in [2.45, 2.75) is 13.3 Å². The first-order valence-electron chi connectivity index (χ1n) is 7.67. The Morgan fingerprint density at radius 2 is 1.76 bits per heavy atom. The van der Waals surface area contributed by atoms with E-state index in [0.29, 0.717) is 6.42 Å². The van der Waals surface area contributed by atoms with Crippen LogP contribution in [0.4, 0.5) is 11.4 Å². The minimum absolute atomic E-state index is 0.0261. The highest BCUT2D eigenvalue weighted by atomic mass is 32.1. The second-order valence-corrected chi connectivity index (χ2v) is 6.18. The van der Waals surface area contributed by atoms with Crippen molar-refractivity contribution in [2.75, 3.05) is 5.32 Å². The number of nitro groups is 1. The standard InChI is InChI=1S/C18H15N3O3S/c1-2-17(22)19-14-7-3-12(4-8-14)16-11-25-18(20-16)13-5-9-15(10-6-13)21(23)24/h3-11H,2H2,1H3,(H,19,22). The number of hydrogen-bond donors (Lipinski definition) is 1. The number of aromatic nitrogens is 1. The lowest BCUT2D eigenvalue weighted by Crippen LogP contribution is -2.08. The van der Waals surface area contributed by atoms with E-state index in [1.54, 1.807) is 19.1 Å². The van der Waals surface area contributed by atoms with Gasteiger partial charge in [0, 0.05) is 40.7 Å². The number of anilines is 1. The Kier molecular flexibility index (Phi) is 4.85. The molecule has 1 amide bonds. The highest BCUT2D eigenvalue weighted by Gasteiger charge is 2.09. The second-order valence-electron chi connectivity index (χ2n) is 5.32. The van der Waals surface area contributed by atoms with Crippen molar-refractivity contribution in [3.05, 3.63) is 64.0 Å². The third-order valence-electron chi connectivity index (χ3n) is 3.61. The topological polar surface area (TPSA) is 85.1 Å². The number of benzene rings is 2. The van der Waals surface area contributed by atoms with Gasteiger partial charge in [-0.15, -0.1) is 11.3 Å². The van der Waals surface area contributed by atoms with E-state index in [9.17, 15) is 14.9 Å². The molecule has 0 saturated heterocycles. The molecule has 1 N–H and O–H groups in total. The van der Waals surface area contributed by atoms with E-state index in [4.69, 9.17) is 0 Å². The van der Waals surface area contributed by atoms with Gasteiger partial charge in [0.05, 0.1) is 10.6 Å². The zero-order valence-electron chi connectivity index (χ0n) is 13.4. The van der Waals surface area contributed by atoms with Crippen LogP contribution in [0, 0.1) is 10.1 Å². The Hall–Kier alpha value is -3.06. The average Bonchev–Trinajstić information content (AvgIpc) is 3.12. The van der Waals surface area contributed by atoms with Crippen molar-refractivity contribution in [1.82, 2.24) is 4.98 Å². The molecule has 0 spiro atoms. The molecule has 0 bridgehead atoms. The summed E-state index contributed by atoms with van der Waals surface area (Å²) in [4.78, 5) is 26.3. The summed E-state index contributed by atoms with van der Waals surface area (Å²) < 4.78 is 0. The highest BCUT2D eigenvalue weighted by molar-refractivity contribution is 7.13. The van der Waals surface area contributed by atoms with Gasteiger partial charge in [-0.05, 0) is 24.3 Å². The van der Waals surface area contributed by atoms with Crippen molar-refractivity contribution < 1.29 is 9.72 Å². The Labute approximate surface area is 148 Å². The maximum Gasteiger partial charge on any atom is 0.269 e. The maximum atomic E-state index is 11.4. The molecule has 25 heavy (non-hydrogen) atoms. The molecule has 0 fully saturated rings. The van der Waals surface area contributed by atoms with E-state index in [-0.39, 0.29) is 11.6 Å². The molecular formula is C18H15N3O3S. The molecule has 7 heteroatoms. The van der Waals surface area contributed by atoms with Gasteiger partial charge in [-0.2, -0.15) is 0 Å². The van der Waals surface area contributed by atoms with E-state index in [1.807, 2.05) is 29.6 Å². The average molecular weight is 353 g/mol. The number of non-ortho nitro benzene ring substituents is 1. The molecule has 2 aromatic carbocycles. The first kappa shape index (κ1) is 16.8. The van der Waals surface area contributed by atoms with Gasteiger partial charge in [0.2, 0.25) is 5.91 Å². The molecule has 126 valence electrons. The Bertz CT molecular complexity index is 902. The van der Waals surface area contributed by atoms with E-state index in [1.165, 1.54) is 23.5 Å². The molecular weight excluding hydrogens is 338 g/mol. The molecule has 0 aliphatic carbocycles. The molecule has 6 nitrogen and oxygen atoms in total. The first-order chi connectivity index (χ1) is 12.1. The molecule has 1 aromatic heterocycles. The fourth-order valence-corrected chi connectivity index (χ4v) is 3.07. The van der Waals surface area contributed by atoms with Crippen LogP contribution in [-0.4, -0.2) is 15.8 Å². The summed E-state index contributed by atoms with van der Waals surface area (Å²) in [5.41, 5.74) is 3.42. The minimum Gasteiger partial charge on any atom is -0.326 e. The fraction of sp³-hybridized carbons (Fsp3) is 0.111.